The van der Waals surface area contributed by atoms with Gasteiger partial charge in [-0.3, -0.25) is 4.79 Å². The van der Waals surface area contributed by atoms with Crippen molar-refractivity contribution in [3.8, 4) is 0 Å². The minimum atomic E-state index is -3.80. The minimum Gasteiger partial charge on any atom is -0.325 e. The zero-order valence-electron chi connectivity index (χ0n) is 18.8. The van der Waals surface area contributed by atoms with Crippen LogP contribution in [0, 0.1) is 41.5 Å². The van der Waals surface area contributed by atoms with E-state index in [2.05, 4.69) is 5.32 Å². The first-order valence-electron chi connectivity index (χ1n) is 10.5. The third-order valence-corrected chi connectivity index (χ3v) is 8.58. The molecule has 1 amide bonds. The molecule has 0 aliphatic carbocycles. The van der Waals surface area contributed by atoms with Crippen molar-refractivity contribution in [3.05, 3.63) is 57.6 Å². The van der Waals surface area contributed by atoms with Gasteiger partial charge in [-0.05, 0) is 99.9 Å². The molecule has 6 heteroatoms. The highest BCUT2D eigenvalue weighted by Crippen LogP contribution is 2.32. The van der Waals surface area contributed by atoms with Gasteiger partial charge in [-0.25, -0.2) is 8.42 Å². The van der Waals surface area contributed by atoms with Crippen LogP contribution >= 0.6 is 0 Å². The Bertz CT molecular complexity index is 1060. The summed E-state index contributed by atoms with van der Waals surface area (Å²) in [5.74, 6) is -0.263. The molecule has 0 unspecified atom stereocenters. The highest BCUT2D eigenvalue weighted by Gasteiger charge is 2.39. The van der Waals surface area contributed by atoms with Gasteiger partial charge in [0.25, 0.3) is 0 Å². The number of nitrogens with zero attached hydrogens (tertiary/aromatic N) is 1. The number of aryl methyl sites for hydroxylation is 4. The molecule has 1 aliphatic heterocycles. The fourth-order valence-corrected chi connectivity index (χ4v) is 6.42. The van der Waals surface area contributed by atoms with Gasteiger partial charge in [-0.1, -0.05) is 18.6 Å². The van der Waals surface area contributed by atoms with Gasteiger partial charge in [-0.2, -0.15) is 4.31 Å². The molecule has 0 bridgehead atoms. The van der Waals surface area contributed by atoms with Gasteiger partial charge in [-0.15, -0.1) is 0 Å². The van der Waals surface area contributed by atoms with Crippen molar-refractivity contribution in [2.75, 3.05) is 11.9 Å². The first-order chi connectivity index (χ1) is 14.0. The van der Waals surface area contributed by atoms with Gasteiger partial charge in [0, 0.05) is 12.2 Å². The maximum atomic E-state index is 13.7. The number of carbonyl (C=O) groups is 1. The molecule has 0 radical (unpaired) electrons. The molecule has 3 rings (SSSR count). The van der Waals surface area contributed by atoms with E-state index in [0.717, 1.165) is 46.2 Å². The Morgan fingerprint density at radius 1 is 0.900 bits per heavy atom. The molecule has 1 aliphatic rings. The summed E-state index contributed by atoms with van der Waals surface area (Å²) < 4.78 is 28.9. The first kappa shape index (κ1) is 22.5. The van der Waals surface area contributed by atoms with Gasteiger partial charge in [0.05, 0.1) is 4.90 Å². The van der Waals surface area contributed by atoms with Crippen LogP contribution in [0.5, 0.6) is 0 Å². The number of piperidine rings is 1. The predicted molar refractivity (Wildman–Crippen MR) is 121 cm³/mol. The zero-order valence-corrected chi connectivity index (χ0v) is 19.6. The van der Waals surface area contributed by atoms with Crippen LogP contribution in [0.25, 0.3) is 0 Å². The topological polar surface area (TPSA) is 66.5 Å². The number of nitrogens with one attached hydrogen (secondary N) is 1. The highest BCUT2D eigenvalue weighted by atomic mass is 32.2. The molecule has 2 aromatic carbocycles. The first-order valence-corrected chi connectivity index (χ1v) is 12.0. The summed E-state index contributed by atoms with van der Waals surface area (Å²) >= 11 is 0. The molecule has 5 nitrogen and oxygen atoms in total. The smallest absolute Gasteiger partial charge is 0.244 e. The molecule has 1 N–H and O–H groups in total. The summed E-state index contributed by atoms with van der Waals surface area (Å²) in [5, 5.41) is 2.94. The molecule has 0 saturated carbocycles. The quantitative estimate of drug-likeness (QED) is 0.766. The standard InChI is InChI=1S/C24H32N2O3S/c1-15-10-11-21(14-16(15)2)25-24(27)22-9-7-8-12-26(22)30(28,29)23-19(5)17(3)13-18(4)20(23)6/h10-11,13-14,22H,7-9,12H2,1-6H3,(H,25,27)/t22-/m1/s1. The van der Waals surface area contributed by atoms with Gasteiger partial charge in [0.1, 0.15) is 6.04 Å². The second kappa shape index (κ2) is 8.52. The van der Waals surface area contributed by atoms with E-state index in [1.54, 1.807) is 0 Å². The largest absolute Gasteiger partial charge is 0.325 e. The van der Waals surface area contributed by atoms with Crippen molar-refractivity contribution in [2.24, 2.45) is 0 Å². The van der Waals surface area contributed by atoms with Gasteiger partial charge < -0.3 is 5.32 Å². The summed E-state index contributed by atoms with van der Waals surface area (Å²) in [6, 6.07) is 7.06. The SMILES string of the molecule is Cc1ccc(NC(=O)[C@H]2CCCCN2S(=O)(=O)c2c(C)c(C)cc(C)c2C)cc1C. The number of anilines is 1. The molecule has 2 aromatic rings. The van der Waals surface area contributed by atoms with Crippen molar-refractivity contribution in [2.45, 2.75) is 71.7 Å². The molecule has 1 heterocycles. The third kappa shape index (κ3) is 4.16. The predicted octanol–water partition coefficient (Wildman–Crippen LogP) is 4.72. The van der Waals surface area contributed by atoms with E-state index in [1.165, 1.54) is 4.31 Å². The summed E-state index contributed by atoms with van der Waals surface area (Å²) in [7, 11) is -3.80. The molecule has 30 heavy (non-hydrogen) atoms. The van der Waals surface area contributed by atoms with Crippen LogP contribution in [0.1, 0.15) is 52.6 Å². The van der Waals surface area contributed by atoms with Crippen LogP contribution < -0.4 is 5.32 Å². The zero-order chi connectivity index (χ0) is 22.2. The number of rotatable bonds is 4. The number of sulfonamides is 1. The van der Waals surface area contributed by atoms with E-state index >= 15 is 0 Å². The molecule has 1 saturated heterocycles. The van der Waals surface area contributed by atoms with Crippen LogP contribution in [0.15, 0.2) is 29.2 Å². The Labute approximate surface area is 180 Å². The van der Waals surface area contributed by atoms with Crippen LogP contribution in [0.4, 0.5) is 5.69 Å². The second-order valence-corrected chi connectivity index (χ2v) is 10.3. The minimum absolute atomic E-state index is 0.263. The van der Waals surface area contributed by atoms with Crippen molar-refractivity contribution in [3.63, 3.8) is 0 Å². The second-order valence-electron chi connectivity index (χ2n) is 8.51. The van der Waals surface area contributed by atoms with Crippen molar-refractivity contribution < 1.29 is 13.2 Å². The summed E-state index contributed by atoms with van der Waals surface area (Å²) in [6.07, 6.45) is 2.12. The van der Waals surface area contributed by atoms with E-state index in [4.69, 9.17) is 0 Å². The van der Waals surface area contributed by atoms with Crippen LogP contribution in [0.2, 0.25) is 0 Å². The monoisotopic (exact) mass is 428 g/mol. The maximum absolute atomic E-state index is 13.7. The lowest BCUT2D eigenvalue weighted by Crippen LogP contribution is -2.50. The molecular formula is C24H32N2O3S. The normalized spacial score (nSPS) is 17.7. The van der Waals surface area contributed by atoms with E-state index in [1.807, 2.05) is 65.8 Å². The molecule has 1 atom stereocenters. The van der Waals surface area contributed by atoms with E-state index in [9.17, 15) is 13.2 Å². The molecular weight excluding hydrogens is 396 g/mol. The Hall–Kier alpha value is -2.18. The molecule has 0 spiro atoms. The fraction of sp³-hybridized carbons (Fsp3) is 0.458. The number of carbonyl (C=O) groups excluding carboxylic acids is 1. The Balaban J connectivity index is 1.97. The van der Waals surface area contributed by atoms with Crippen LogP contribution in [-0.4, -0.2) is 31.2 Å². The molecule has 0 aromatic heterocycles. The van der Waals surface area contributed by atoms with E-state index in [-0.39, 0.29) is 5.91 Å². The number of hydrogen-bond acceptors (Lipinski definition) is 3. The summed E-state index contributed by atoms with van der Waals surface area (Å²) in [6.45, 7) is 11.9. The van der Waals surface area contributed by atoms with Gasteiger partial charge >= 0.3 is 0 Å². The van der Waals surface area contributed by atoms with Gasteiger partial charge in [0.15, 0.2) is 0 Å². The lowest BCUT2D eigenvalue weighted by molar-refractivity contribution is -0.120. The average Bonchev–Trinajstić information content (AvgIpc) is 2.69. The van der Waals surface area contributed by atoms with E-state index < -0.39 is 16.1 Å². The Kier molecular flexibility index (Phi) is 6.39. The van der Waals surface area contributed by atoms with Crippen molar-refractivity contribution >= 4 is 21.6 Å². The van der Waals surface area contributed by atoms with Crippen LogP contribution in [-0.2, 0) is 14.8 Å². The van der Waals surface area contributed by atoms with Crippen molar-refractivity contribution in [1.29, 1.82) is 0 Å². The molecule has 1 fully saturated rings. The average molecular weight is 429 g/mol. The van der Waals surface area contributed by atoms with Crippen LogP contribution in [0.3, 0.4) is 0 Å². The Morgan fingerprint density at radius 3 is 2.13 bits per heavy atom. The Morgan fingerprint density at radius 2 is 1.53 bits per heavy atom. The highest BCUT2D eigenvalue weighted by molar-refractivity contribution is 7.89. The van der Waals surface area contributed by atoms with E-state index in [0.29, 0.717) is 23.5 Å². The van der Waals surface area contributed by atoms with Crippen molar-refractivity contribution in [1.82, 2.24) is 4.31 Å². The number of amides is 1. The molecule has 162 valence electrons. The lowest BCUT2D eigenvalue weighted by Gasteiger charge is -2.34. The third-order valence-electron chi connectivity index (χ3n) is 6.39. The summed E-state index contributed by atoms with van der Waals surface area (Å²) in [4.78, 5) is 13.5. The maximum Gasteiger partial charge on any atom is 0.244 e. The summed E-state index contributed by atoms with van der Waals surface area (Å²) in [5.41, 5.74) is 6.35. The number of hydrogen-bond donors (Lipinski definition) is 1. The number of benzene rings is 2. The van der Waals surface area contributed by atoms with Gasteiger partial charge in [0.2, 0.25) is 15.9 Å². The fourth-order valence-electron chi connectivity index (χ4n) is 4.18. The lowest BCUT2D eigenvalue weighted by atomic mass is 10.0.